The molecule has 24 heteroatoms. The first-order chi connectivity index (χ1) is 23.7. The average Bonchev–Trinajstić information content (AvgIpc) is 3.70. The van der Waals surface area contributed by atoms with Crippen molar-refractivity contribution >= 4 is 120 Å². The third-order valence-electron chi connectivity index (χ3n) is 7.58. The van der Waals surface area contributed by atoms with E-state index in [9.17, 15) is 16.8 Å². The molecule has 0 atom stereocenters. The molecule has 7 rings (SSSR count). The summed E-state index contributed by atoms with van der Waals surface area (Å²) in [5.74, 6) is 3.66. The Morgan fingerprint density at radius 2 is 0.960 bits per heavy atom. The van der Waals surface area contributed by atoms with E-state index in [4.69, 9.17) is 32.0 Å². The van der Waals surface area contributed by atoms with Crippen molar-refractivity contribution < 1.29 is 26.3 Å². The summed E-state index contributed by atoms with van der Waals surface area (Å²) >= 11 is 22.6. The van der Waals surface area contributed by atoms with Gasteiger partial charge < -0.3 is 0 Å². The van der Waals surface area contributed by atoms with Crippen LogP contribution < -0.4 is 27.8 Å². The van der Waals surface area contributed by atoms with Gasteiger partial charge >= 0.3 is 317 Å². The van der Waals surface area contributed by atoms with Crippen LogP contribution in [0.25, 0.3) is 0 Å². The number of hydrogen-bond donors (Lipinski definition) is 2. The van der Waals surface area contributed by atoms with Crippen molar-refractivity contribution in [2.45, 2.75) is 9.79 Å². The molecule has 14 nitrogen and oxygen atoms in total. The van der Waals surface area contributed by atoms with Crippen LogP contribution in [0.5, 0.6) is 11.8 Å². The van der Waals surface area contributed by atoms with Crippen LogP contribution in [0.2, 0.25) is 0 Å². The molecule has 3 saturated heterocycles. The number of nitrogens with zero attached hydrogens (tertiary/aromatic N) is 6. The number of hydrogen-bond acceptors (Lipinski definition) is 16. The van der Waals surface area contributed by atoms with Gasteiger partial charge in [-0.1, -0.05) is 0 Å². The third kappa shape index (κ3) is 5.91. The van der Waals surface area contributed by atoms with Crippen LogP contribution in [0.15, 0.2) is 83.1 Å². The van der Waals surface area contributed by atoms with Gasteiger partial charge in [0.2, 0.25) is 0 Å². The number of rotatable bonds is 10. The zero-order valence-corrected chi connectivity index (χ0v) is 34.2. The van der Waals surface area contributed by atoms with E-state index >= 15 is 0 Å². The molecule has 3 fully saturated rings. The van der Waals surface area contributed by atoms with Crippen LogP contribution in [0.1, 0.15) is 0 Å². The van der Waals surface area contributed by atoms with Crippen molar-refractivity contribution in [1.29, 1.82) is 0 Å². The summed E-state index contributed by atoms with van der Waals surface area (Å²) in [5.41, 5.74) is 1.41. The van der Waals surface area contributed by atoms with Gasteiger partial charge in [0.15, 0.2) is 0 Å². The summed E-state index contributed by atoms with van der Waals surface area (Å²) in [5, 5.41) is 0. The van der Waals surface area contributed by atoms with Crippen LogP contribution in [-0.2, 0) is 20.0 Å². The molecule has 3 aliphatic heterocycles. The van der Waals surface area contributed by atoms with Crippen molar-refractivity contribution in [2.24, 2.45) is 0 Å². The van der Waals surface area contributed by atoms with Crippen molar-refractivity contribution in [3.05, 3.63) is 73.3 Å². The van der Waals surface area contributed by atoms with Crippen molar-refractivity contribution in [1.82, 2.24) is 19.9 Å². The van der Waals surface area contributed by atoms with Crippen LogP contribution in [0, 0.1) is 0 Å². The second-order valence-corrected chi connectivity index (χ2v) is 41.0. The SMILES string of the molecule is COc1cc(NS(=O)(=O)c2ccc(N3P4(Cl)(SCCS4)N(c4ccc(S(=O)(=O)Nc5cc(OC)ncn5)cc4)P34(Cl)SCCS4)cc2)ncn1. The normalized spacial score (nSPS) is 21.7. The first kappa shape index (κ1) is 36.5. The van der Waals surface area contributed by atoms with Crippen molar-refractivity contribution in [3.63, 3.8) is 0 Å². The predicted octanol–water partition coefficient (Wildman–Crippen LogP) is 7.91. The Morgan fingerprint density at radius 3 is 1.28 bits per heavy atom. The summed E-state index contributed by atoms with van der Waals surface area (Å²) in [6, 6.07) is 15.8. The molecule has 0 saturated carbocycles. The fourth-order valence-electron chi connectivity index (χ4n) is 5.57. The van der Waals surface area contributed by atoms with Crippen LogP contribution in [0.4, 0.5) is 23.0 Å². The van der Waals surface area contributed by atoms with Gasteiger partial charge in [0.05, 0.1) is 0 Å². The number of aromatic nitrogens is 4. The topological polar surface area (TPSA) is 169 Å². The molecular formula is C26H28Cl2N8O6P2S6. The van der Waals surface area contributed by atoms with E-state index in [0.717, 1.165) is 23.0 Å². The fourth-order valence-corrected chi connectivity index (χ4v) is 62.5. The van der Waals surface area contributed by atoms with Crippen molar-refractivity contribution in [3.8, 4) is 11.8 Å². The molecule has 2 aromatic heterocycles. The van der Waals surface area contributed by atoms with E-state index < -0.39 is 29.4 Å². The van der Waals surface area contributed by atoms with Gasteiger partial charge in [-0.25, -0.2) is 0 Å². The van der Waals surface area contributed by atoms with Gasteiger partial charge in [0.1, 0.15) is 0 Å². The van der Waals surface area contributed by atoms with Gasteiger partial charge in [-0.15, -0.1) is 0 Å². The number of sulfonamides is 2. The molecule has 0 aliphatic carbocycles. The number of halogens is 2. The molecule has 0 amide bonds. The number of ether oxygens (including phenoxy) is 2. The molecule has 0 bridgehead atoms. The van der Waals surface area contributed by atoms with Crippen LogP contribution in [-0.4, -0.2) is 74.0 Å². The van der Waals surface area contributed by atoms with Gasteiger partial charge in [-0.3, -0.25) is 0 Å². The van der Waals surface area contributed by atoms with Gasteiger partial charge in [-0.2, -0.15) is 0 Å². The van der Waals surface area contributed by atoms with E-state index in [1.54, 1.807) is 69.8 Å². The summed E-state index contributed by atoms with van der Waals surface area (Å²) < 4.78 is 65.4. The number of methoxy groups -OCH3 is 2. The fraction of sp³-hybridized carbons (Fsp3) is 0.231. The summed E-state index contributed by atoms with van der Waals surface area (Å²) in [6.45, 7) is 0. The second kappa shape index (κ2) is 12.9. The molecule has 2 aromatic carbocycles. The number of benzene rings is 2. The molecule has 5 heterocycles. The van der Waals surface area contributed by atoms with E-state index in [-0.39, 0.29) is 33.2 Å². The molecular weight excluding hydrogens is 846 g/mol. The quantitative estimate of drug-likeness (QED) is 0.147. The minimum absolute atomic E-state index is 0.0251. The Bertz CT molecular complexity index is 2010. The van der Waals surface area contributed by atoms with E-state index in [2.05, 4.69) is 38.3 Å². The van der Waals surface area contributed by atoms with E-state index in [1.165, 1.54) is 63.3 Å². The average molecular weight is 874 g/mol. The monoisotopic (exact) mass is 872 g/mol. The Hall–Kier alpha value is -1.86. The maximum atomic E-state index is 13.3. The molecule has 4 aromatic rings. The molecule has 50 heavy (non-hydrogen) atoms. The van der Waals surface area contributed by atoms with E-state index in [0.29, 0.717) is 11.4 Å². The zero-order chi connectivity index (χ0) is 35.5. The summed E-state index contributed by atoms with van der Waals surface area (Å²) in [4.78, 5) is 15.8. The molecule has 3 aliphatic rings. The summed E-state index contributed by atoms with van der Waals surface area (Å²) in [6.07, 6.45) is 2.41. The number of anilines is 4. The first-order valence-corrected chi connectivity index (χ1v) is 29.8. The molecule has 2 spiro atoms. The first-order valence-electron chi connectivity index (χ1n) is 14.4. The van der Waals surface area contributed by atoms with Crippen LogP contribution >= 0.6 is 77.3 Å². The van der Waals surface area contributed by atoms with Gasteiger partial charge in [-0.05, 0) is 0 Å². The van der Waals surface area contributed by atoms with E-state index in [1.807, 2.05) is 0 Å². The third-order valence-corrected chi connectivity index (χ3v) is 46.3. The van der Waals surface area contributed by atoms with Crippen LogP contribution in [0.3, 0.4) is 0 Å². The molecule has 0 radical (unpaired) electrons. The Morgan fingerprint density at radius 1 is 0.620 bits per heavy atom. The number of nitrogens with one attached hydrogen (secondary N) is 2. The standard InChI is InChI=1S/C26H28Cl2N8O6P2S6/c1-41-25-15-23(29-17-31-25)33-49(37,38)21-7-3-19(4-8-21)35-43(27,45-11-12-46-43)36(44(35,28)47-13-14-48-44)20-5-9-22(10-6-20)50(39,40)34-24-16-26(42-2)32-18-30-24/h3-10,15-18H,11-14H2,1-2H3,(H,29,31,33)(H,30,32,34). The Labute approximate surface area is 314 Å². The molecule has 268 valence electrons. The second-order valence-electron chi connectivity index (χ2n) is 10.6. The Kier molecular flexibility index (Phi) is 9.43. The van der Waals surface area contributed by atoms with Gasteiger partial charge in [0.25, 0.3) is 0 Å². The van der Waals surface area contributed by atoms with Gasteiger partial charge in [0, 0.05) is 0 Å². The summed E-state index contributed by atoms with van der Waals surface area (Å²) in [7, 11) is -5.16. The minimum atomic E-state index is -4.01. The zero-order valence-electron chi connectivity index (χ0n) is 26.0. The molecule has 0 unspecified atom stereocenters. The Balaban J connectivity index is 1.23. The predicted molar refractivity (Wildman–Crippen MR) is 212 cm³/mol. The molecule has 2 N–H and O–H groups in total. The van der Waals surface area contributed by atoms with Crippen molar-refractivity contribution in [2.75, 3.05) is 55.6 Å². The maximum absolute atomic E-state index is 13.3.